The average molecular weight is 231 g/mol. The highest BCUT2D eigenvalue weighted by molar-refractivity contribution is 6.12. The zero-order valence-electron chi connectivity index (χ0n) is 9.22. The maximum Gasteiger partial charge on any atom is 0.253 e. The van der Waals surface area contributed by atoms with Gasteiger partial charge in [-0.2, -0.15) is 0 Å². The molecule has 0 aromatic heterocycles. The van der Waals surface area contributed by atoms with Crippen LogP contribution in [0.15, 0.2) is 30.4 Å². The van der Waals surface area contributed by atoms with E-state index >= 15 is 0 Å². The van der Waals surface area contributed by atoms with Gasteiger partial charge in [0.2, 0.25) is 0 Å². The number of hydrogen-bond acceptors (Lipinski definition) is 4. The number of anilines is 2. The fourth-order valence-corrected chi connectivity index (χ4v) is 1.78. The number of nitrogens with zero attached hydrogens (tertiary/aromatic N) is 1. The van der Waals surface area contributed by atoms with E-state index in [1.165, 1.54) is 17.1 Å². The monoisotopic (exact) mass is 231 g/mol. The summed E-state index contributed by atoms with van der Waals surface area (Å²) in [5, 5.41) is 0. The molecule has 0 saturated carbocycles. The first-order valence-electron chi connectivity index (χ1n) is 5.25. The summed E-state index contributed by atoms with van der Waals surface area (Å²) in [4.78, 5) is 23.8. The topological polar surface area (TPSA) is 89.4 Å². The Balaban J connectivity index is 2.03. The minimum atomic E-state index is -0.271. The molecule has 1 aromatic carbocycles. The van der Waals surface area contributed by atoms with Crippen LogP contribution in [0.25, 0.3) is 0 Å². The number of rotatable bonds is 3. The second-order valence-corrected chi connectivity index (χ2v) is 3.92. The summed E-state index contributed by atoms with van der Waals surface area (Å²) in [5.41, 5.74) is 13.4. The van der Waals surface area contributed by atoms with E-state index in [0.29, 0.717) is 24.3 Å². The number of nitrogen functional groups attached to an aromatic ring is 2. The van der Waals surface area contributed by atoms with Gasteiger partial charge in [0, 0.05) is 30.1 Å². The van der Waals surface area contributed by atoms with E-state index < -0.39 is 0 Å². The van der Waals surface area contributed by atoms with E-state index in [-0.39, 0.29) is 11.8 Å². The molecule has 0 bridgehead atoms. The Morgan fingerprint density at radius 1 is 0.941 bits per heavy atom. The molecule has 2 rings (SSSR count). The van der Waals surface area contributed by atoms with Crippen molar-refractivity contribution < 1.29 is 9.59 Å². The molecule has 0 fully saturated rings. The van der Waals surface area contributed by atoms with Crippen LogP contribution in [0.5, 0.6) is 0 Å². The minimum Gasteiger partial charge on any atom is -0.399 e. The molecule has 0 atom stereocenters. The molecule has 0 aliphatic carbocycles. The average Bonchev–Trinajstić information content (AvgIpc) is 2.55. The van der Waals surface area contributed by atoms with Gasteiger partial charge in [-0.25, -0.2) is 0 Å². The molecule has 88 valence electrons. The van der Waals surface area contributed by atoms with Crippen LogP contribution in [0.1, 0.15) is 5.56 Å². The maximum absolute atomic E-state index is 11.3. The molecule has 17 heavy (non-hydrogen) atoms. The lowest BCUT2D eigenvalue weighted by molar-refractivity contribution is -0.136. The van der Waals surface area contributed by atoms with Gasteiger partial charge in [-0.3, -0.25) is 14.5 Å². The van der Waals surface area contributed by atoms with E-state index in [1.54, 1.807) is 18.2 Å². The third-order valence-electron chi connectivity index (χ3n) is 2.56. The van der Waals surface area contributed by atoms with Crippen molar-refractivity contribution >= 4 is 23.2 Å². The van der Waals surface area contributed by atoms with Crippen molar-refractivity contribution in [2.75, 3.05) is 18.0 Å². The van der Waals surface area contributed by atoms with Crippen molar-refractivity contribution in [3.63, 3.8) is 0 Å². The predicted octanol–water partition coefficient (Wildman–Crippen LogP) is 0.318. The molecule has 0 unspecified atom stereocenters. The van der Waals surface area contributed by atoms with Crippen LogP contribution < -0.4 is 11.5 Å². The standard InChI is InChI=1S/C12H13N3O2/c13-9-5-8(6-10(14)7-9)3-4-15-11(16)1-2-12(15)17/h1-2,5-7H,3-4,13-14H2. The molecule has 5 nitrogen and oxygen atoms in total. The second kappa shape index (κ2) is 4.29. The largest absolute Gasteiger partial charge is 0.399 e. The van der Waals surface area contributed by atoms with E-state index in [2.05, 4.69) is 0 Å². The van der Waals surface area contributed by atoms with Gasteiger partial charge in [0.05, 0.1) is 0 Å². The Labute approximate surface area is 98.7 Å². The van der Waals surface area contributed by atoms with Crippen molar-refractivity contribution in [2.24, 2.45) is 0 Å². The third-order valence-corrected chi connectivity index (χ3v) is 2.56. The van der Waals surface area contributed by atoms with Gasteiger partial charge in [-0.1, -0.05) is 0 Å². The smallest absolute Gasteiger partial charge is 0.253 e. The first-order valence-corrected chi connectivity index (χ1v) is 5.25. The number of carbonyl (C=O) groups excluding carboxylic acids is 2. The highest BCUT2D eigenvalue weighted by Crippen LogP contribution is 2.15. The molecular formula is C12H13N3O2. The summed E-state index contributed by atoms with van der Waals surface area (Å²) in [6, 6.07) is 5.24. The van der Waals surface area contributed by atoms with E-state index in [9.17, 15) is 9.59 Å². The van der Waals surface area contributed by atoms with Crippen molar-refractivity contribution in [1.29, 1.82) is 0 Å². The van der Waals surface area contributed by atoms with Crippen LogP contribution in [0.4, 0.5) is 11.4 Å². The first-order chi connectivity index (χ1) is 8.06. The lowest BCUT2D eigenvalue weighted by Crippen LogP contribution is -2.31. The zero-order chi connectivity index (χ0) is 12.4. The summed E-state index contributed by atoms with van der Waals surface area (Å²) < 4.78 is 0. The molecule has 1 heterocycles. The Morgan fingerprint density at radius 2 is 1.47 bits per heavy atom. The molecule has 5 heteroatoms. The molecule has 1 aromatic rings. The number of imide groups is 1. The van der Waals surface area contributed by atoms with Crippen LogP contribution in [0.2, 0.25) is 0 Å². The van der Waals surface area contributed by atoms with E-state index in [4.69, 9.17) is 11.5 Å². The van der Waals surface area contributed by atoms with Crippen molar-refractivity contribution in [3.8, 4) is 0 Å². The van der Waals surface area contributed by atoms with Gasteiger partial charge < -0.3 is 11.5 Å². The summed E-state index contributed by atoms with van der Waals surface area (Å²) in [7, 11) is 0. The quantitative estimate of drug-likeness (QED) is 0.579. The van der Waals surface area contributed by atoms with Gasteiger partial charge >= 0.3 is 0 Å². The predicted molar refractivity (Wildman–Crippen MR) is 64.8 cm³/mol. The second-order valence-electron chi connectivity index (χ2n) is 3.92. The molecule has 1 aliphatic heterocycles. The molecule has 0 saturated heterocycles. The number of nitrogens with two attached hydrogens (primary N) is 2. The Morgan fingerprint density at radius 3 is 2.00 bits per heavy atom. The van der Waals surface area contributed by atoms with Crippen LogP contribution in [0.3, 0.4) is 0 Å². The maximum atomic E-state index is 11.3. The lowest BCUT2D eigenvalue weighted by Gasteiger charge is -2.13. The highest BCUT2D eigenvalue weighted by Gasteiger charge is 2.22. The molecule has 1 aliphatic rings. The van der Waals surface area contributed by atoms with Gasteiger partial charge in [0.1, 0.15) is 0 Å². The van der Waals surface area contributed by atoms with Crippen LogP contribution in [0, 0.1) is 0 Å². The first kappa shape index (κ1) is 11.2. The number of benzene rings is 1. The van der Waals surface area contributed by atoms with Crippen LogP contribution in [-0.4, -0.2) is 23.3 Å². The number of hydrogen-bond donors (Lipinski definition) is 2. The molecular weight excluding hydrogens is 218 g/mol. The van der Waals surface area contributed by atoms with Gasteiger partial charge in [0.15, 0.2) is 0 Å². The van der Waals surface area contributed by atoms with E-state index in [0.717, 1.165) is 5.56 Å². The summed E-state index contributed by atoms with van der Waals surface area (Å²) in [6.45, 7) is 0.341. The normalized spacial score (nSPS) is 14.7. The van der Waals surface area contributed by atoms with Crippen molar-refractivity contribution in [2.45, 2.75) is 6.42 Å². The summed E-state index contributed by atoms with van der Waals surface area (Å²) in [5.74, 6) is -0.543. The van der Waals surface area contributed by atoms with Gasteiger partial charge in [0.25, 0.3) is 11.8 Å². The Bertz CT molecular complexity index is 470. The summed E-state index contributed by atoms with van der Waals surface area (Å²) in [6.07, 6.45) is 3.10. The zero-order valence-corrected chi connectivity index (χ0v) is 9.22. The molecule has 2 amide bonds. The van der Waals surface area contributed by atoms with Gasteiger partial charge in [-0.05, 0) is 30.2 Å². The molecule has 0 spiro atoms. The number of amides is 2. The highest BCUT2D eigenvalue weighted by atomic mass is 16.2. The van der Waals surface area contributed by atoms with Crippen LogP contribution in [-0.2, 0) is 16.0 Å². The SMILES string of the molecule is Nc1cc(N)cc(CCN2C(=O)C=CC2=O)c1. The minimum absolute atomic E-state index is 0.271. The van der Waals surface area contributed by atoms with Crippen molar-refractivity contribution in [1.82, 2.24) is 4.90 Å². The lowest BCUT2D eigenvalue weighted by atomic mass is 10.1. The fraction of sp³-hybridized carbons (Fsp3) is 0.167. The molecule has 4 N–H and O–H groups in total. The van der Waals surface area contributed by atoms with Crippen LogP contribution >= 0.6 is 0 Å². The Kier molecular flexibility index (Phi) is 2.82. The molecule has 0 radical (unpaired) electrons. The van der Waals surface area contributed by atoms with E-state index in [1.807, 2.05) is 0 Å². The number of carbonyl (C=O) groups is 2. The van der Waals surface area contributed by atoms with Crippen molar-refractivity contribution in [3.05, 3.63) is 35.9 Å². The third kappa shape index (κ3) is 2.44. The summed E-state index contributed by atoms with van der Waals surface area (Å²) >= 11 is 0. The Hall–Kier alpha value is -2.30. The van der Waals surface area contributed by atoms with Gasteiger partial charge in [-0.15, -0.1) is 0 Å². The fourth-order valence-electron chi connectivity index (χ4n) is 1.78.